The summed E-state index contributed by atoms with van der Waals surface area (Å²) in [6, 6.07) is 6.09. The monoisotopic (exact) mass is 268 g/mol. The molecule has 2 unspecified atom stereocenters. The van der Waals surface area contributed by atoms with Crippen LogP contribution in [0.1, 0.15) is 32.4 Å². The molecule has 1 heterocycles. The van der Waals surface area contributed by atoms with Crippen LogP contribution >= 0.6 is 11.6 Å². The molecule has 0 saturated carbocycles. The van der Waals surface area contributed by atoms with E-state index in [2.05, 4.69) is 30.9 Å². The summed E-state index contributed by atoms with van der Waals surface area (Å²) < 4.78 is 5.73. The van der Waals surface area contributed by atoms with E-state index in [0.717, 1.165) is 29.4 Å². The number of rotatable bonds is 2. The summed E-state index contributed by atoms with van der Waals surface area (Å²) in [7, 11) is 0. The van der Waals surface area contributed by atoms with Crippen molar-refractivity contribution >= 4 is 17.3 Å². The molecule has 0 aliphatic carbocycles. The molecule has 2 rings (SSSR count). The van der Waals surface area contributed by atoms with E-state index in [1.807, 2.05) is 13.0 Å². The molecule has 1 aromatic carbocycles. The molecule has 0 amide bonds. The van der Waals surface area contributed by atoms with Gasteiger partial charge >= 0.3 is 0 Å². The first kappa shape index (κ1) is 13.7. The molecule has 3 nitrogen and oxygen atoms in total. The molecule has 4 heteroatoms. The first-order chi connectivity index (χ1) is 8.47. The van der Waals surface area contributed by atoms with Crippen LogP contribution in [0, 0.1) is 0 Å². The summed E-state index contributed by atoms with van der Waals surface area (Å²) in [6.07, 6.45) is 0.468. The van der Waals surface area contributed by atoms with E-state index >= 15 is 0 Å². The number of nitrogens with zero attached hydrogens (tertiary/aromatic N) is 1. The van der Waals surface area contributed by atoms with Gasteiger partial charge in [-0.25, -0.2) is 0 Å². The maximum atomic E-state index is 6.36. The topological polar surface area (TPSA) is 38.5 Å². The zero-order chi connectivity index (χ0) is 13.3. The van der Waals surface area contributed by atoms with Gasteiger partial charge in [0, 0.05) is 19.1 Å². The minimum Gasteiger partial charge on any atom is -0.372 e. The van der Waals surface area contributed by atoms with Gasteiger partial charge in [0.1, 0.15) is 0 Å². The van der Waals surface area contributed by atoms with Crippen LogP contribution in [-0.2, 0) is 4.74 Å². The molecule has 18 heavy (non-hydrogen) atoms. The quantitative estimate of drug-likeness (QED) is 0.896. The van der Waals surface area contributed by atoms with Gasteiger partial charge in [0.25, 0.3) is 0 Å². The van der Waals surface area contributed by atoms with Crippen molar-refractivity contribution in [3.63, 3.8) is 0 Å². The van der Waals surface area contributed by atoms with Crippen LogP contribution in [0.2, 0.25) is 5.02 Å². The van der Waals surface area contributed by atoms with Crippen LogP contribution < -0.4 is 10.6 Å². The summed E-state index contributed by atoms with van der Waals surface area (Å²) >= 11 is 6.36. The molecule has 0 bridgehead atoms. The average Bonchev–Trinajstić information content (AvgIpc) is 2.27. The van der Waals surface area contributed by atoms with Crippen LogP contribution in [0.4, 0.5) is 5.69 Å². The highest BCUT2D eigenvalue weighted by atomic mass is 35.5. The number of hydrogen-bond donors (Lipinski definition) is 1. The Bertz CT molecular complexity index is 412. The summed E-state index contributed by atoms with van der Waals surface area (Å²) in [6.45, 7) is 7.90. The molecule has 3 atom stereocenters. The van der Waals surface area contributed by atoms with Crippen LogP contribution in [0.3, 0.4) is 0 Å². The first-order valence-electron chi connectivity index (χ1n) is 6.43. The van der Waals surface area contributed by atoms with Crippen molar-refractivity contribution in [3.05, 3.63) is 28.8 Å². The zero-order valence-corrected chi connectivity index (χ0v) is 11.9. The van der Waals surface area contributed by atoms with Crippen molar-refractivity contribution in [3.8, 4) is 0 Å². The Morgan fingerprint density at radius 2 is 1.94 bits per heavy atom. The lowest BCUT2D eigenvalue weighted by atomic mass is 10.1. The van der Waals surface area contributed by atoms with Crippen molar-refractivity contribution < 1.29 is 4.74 Å². The minimum absolute atomic E-state index is 0.0130. The second-order valence-corrected chi connectivity index (χ2v) is 5.57. The van der Waals surface area contributed by atoms with Crippen LogP contribution in [0.15, 0.2) is 18.2 Å². The third-order valence-corrected chi connectivity index (χ3v) is 3.56. The van der Waals surface area contributed by atoms with Gasteiger partial charge in [-0.15, -0.1) is 0 Å². The first-order valence-corrected chi connectivity index (χ1v) is 6.80. The largest absolute Gasteiger partial charge is 0.372 e. The van der Waals surface area contributed by atoms with Gasteiger partial charge < -0.3 is 15.4 Å². The van der Waals surface area contributed by atoms with Gasteiger partial charge in [0.05, 0.1) is 22.9 Å². The lowest BCUT2D eigenvalue weighted by molar-refractivity contribution is -0.00520. The maximum Gasteiger partial charge on any atom is 0.0726 e. The summed E-state index contributed by atoms with van der Waals surface area (Å²) in [4.78, 5) is 2.28. The van der Waals surface area contributed by atoms with E-state index in [0.29, 0.717) is 0 Å². The van der Waals surface area contributed by atoms with E-state index in [4.69, 9.17) is 22.1 Å². The standard InChI is InChI=1S/C14H21ClN2O/c1-9-7-17(8-10(2)18-9)14-5-4-12(11(3)16)6-13(14)15/h4-6,9-11H,7-8,16H2,1-3H3/t9?,10?,11-/m0/s1. The van der Waals surface area contributed by atoms with E-state index in [1.165, 1.54) is 0 Å². The molecule has 100 valence electrons. The fraction of sp³-hybridized carbons (Fsp3) is 0.571. The van der Waals surface area contributed by atoms with Gasteiger partial charge in [-0.2, -0.15) is 0 Å². The van der Waals surface area contributed by atoms with E-state index in [1.54, 1.807) is 0 Å². The molecule has 1 aliphatic heterocycles. The lowest BCUT2D eigenvalue weighted by Gasteiger charge is -2.37. The second-order valence-electron chi connectivity index (χ2n) is 5.16. The molecule has 1 saturated heterocycles. The number of halogens is 1. The predicted molar refractivity (Wildman–Crippen MR) is 76.3 cm³/mol. The van der Waals surface area contributed by atoms with Crippen LogP contribution in [0.25, 0.3) is 0 Å². The van der Waals surface area contributed by atoms with Crippen molar-refractivity contribution in [1.82, 2.24) is 0 Å². The molecule has 2 N–H and O–H groups in total. The Morgan fingerprint density at radius 3 is 2.44 bits per heavy atom. The molecule has 1 aromatic rings. The molecular formula is C14H21ClN2O. The normalized spacial score (nSPS) is 26.2. The van der Waals surface area contributed by atoms with Crippen molar-refractivity contribution in [2.24, 2.45) is 5.73 Å². The van der Waals surface area contributed by atoms with Gasteiger partial charge in [0.2, 0.25) is 0 Å². The highest BCUT2D eigenvalue weighted by Gasteiger charge is 2.23. The predicted octanol–water partition coefficient (Wildman–Crippen LogP) is 2.97. The molecule has 1 aliphatic rings. The molecule has 0 spiro atoms. The Labute approximate surface area is 114 Å². The van der Waals surface area contributed by atoms with Crippen molar-refractivity contribution in [2.75, 3.05) is 18.0 Å². The summed E-state index contributed by atoms with van der Waals surface area (Å²) in [5.41, 5.74) is 8.00. The number of nitrogens with two attached hydrogens (primary N) is 1. The van der Waals surface area contributed by atoms with Crippen LogP contribution in [0.5, 0.6) is 0 Å². The lowest BCUT2D eigenvalue weighted by Crippen LogP contribution is -2.45. The molecule has 0 aromatic heterocycles. The summed E-state index contributed by atoms with van der Waals surface area (Å²) in [5, 5.41) is 0.770. The third kappa shape index (κ3) is 2.97. The molecule has 0 radical (unpaired) electrons. The van der Waals surface area contributed by atoms with Crippen molar-refractivity contribution in [1.29, 1.82) is 0 Å². The SMILES string of the molecule is CC1CN(c2ccc([C@H](C)N)cc2Cl)CC(C)O1. The fourth-order valence-corrected chi connectivity index (χ4v) is 2.75. The average molecular weight is 269 g/mol. The number of benzene rings is 1. The van der Waals surface area contributed by atoms with Crippen LogP contribution in [-0.4, -0.2) is 25.3 Å². The molecule has 1 fully saturated rings. The Hall–Kier alpha value is -0.770. The number of hydrogen-bond acceptors (Lipinski definition) is 3. The number of morpholine rings is 1. The Kier molecular flexibility index (Phi) is 4.15. The molecular weight excluding hydrogens is 248 g/mol. The van der Waals surface area contributed by atoms with Gasteiger partial charge in [-0.05, 0) is 38.5 Å². The smallest absolute Gasteiger partial charge is 0.0726 e. The minimum atomic E-state index is 0.0130. The maximum absolute atomic E-state index is 6.36. The number of anilines is 1. The third-order valence-electron chi connectivity index (χ3n) is 3.26. The van der Waals surface area contributed by atoms with E-state index in [9.17, 15) is 0 Å². The second kappa shape index (κ2) is 5.47. The van der Waals surface area contributed by atoms with E-state index < -0.39 is 0 Å². The van der Waals surface area contributed by atoms with E-state index in [-0.39, 0.29) is 18.2 Å². The highest BCUT2D eigenvalue weighted by Crippen LogP contribution is 2.30. The Morgan fingerprint density at radius 1 is 1.33 bits per heavy atom. The fourth-order valence-electron chi connectivity index (χ4n) is 2.44. The van der Waals surface area contributed by atoms with Gasteiger partial charge in [-0.3, -0.25) is 0 Å². The number of ether oxygens (including phenoxy) is 1. The van der Waals surface area contributed by atoms with Crippen molar-refractivity contribution in [2.45, 2.75) is 39.0 Å². The van der Waals surface area contributed by atoms with Gasteiger partial charge in [-0.1, -0.05) is 17.7 Å². The highest BCUT2D eigenvalue weighted by molar-refractivity contribution is 6.33. The zero-order valence-electron chi connectivity index (χ0n) is 11.2. The van der Waals surface area contributed by atoms with Gasteiger partial charge in [0.15, 0.2) is 0 Å². The Balaban J connectivity index is 2.22. The summed E-state index contributed by atoms with van der Waals surface area (Å²) in [5.74, 6) is 0.